The minimum atomic E-state index is -4.34. The highest BCUT2D eigenvalue weighted by molar-refractivity contribution is 5.82. The van der Waals surface area contributed by atoms with Crippen LogP contribution in [0.2, 0.25) is 0 Å². The molecule has 4 nitrogen and oxygen atoms in total. The third-order valence-electron chi connectivity index (χ3n) is 2.65. The van der Waals surface area contributed by atoms with Gasteiger partial charge in [0.1, 0.15) is 5.84 Å². The van der Waals surface area contributed by atoms with Crippen molar-refractivity contribution >= 4 is 5.84 Å². The first kappa shape index (κ1) is 15.3. The Labute approximate surface area is 109 Å². The first-order valence-corrected chi connectivity index (χ1v) is 5.69. The molecular formula is C12H16F3N3O. The van der Waals surface area contributed by atoms with E-state index in [2.05, 4.69) is 10.5 Å². The lowest BCUT2D eigenvalue weighted by molar-refractivity contribution is -0.137. The predicted octanol–water partition coefficient (Wildman–Crippen LogP) is 2.18. The van der Waals surface area contributed by atoms with E-state index in [-0.39, 0.29) is 18.3 Å². The van der Waals surface area contributed by atoms with E-state index in [1.807, 2.05) is 0 Å². The summed E-state index contributed by atoms with van der Waals surface area (Å²) in [5, 5.41) is 14.3. The summed E-state index contributed by atoms with van der Waals surface area (Å²) < 4.78 is 37.5. The zero-order chi connectivity index (χ0) is 14.5. The number of alkyl halides is 3. The van der Waals surface area contributed by atoms with Crippen molar-refractivity contribution in [1.29, 1.82) is 0 Å². The lowest BCUT2D eigenvalue weighted by Crippen LogP contribution is -2.31. The fourth-order valence-electron chi connectivity index (χ4n) is 1.49. The molecule has 7 heteroatoms. The lowest BCUT2D eigenvalue weighted by atomic mass is 10.1. The number of hydrogen-bond donors (Lipinski definition) is 3. The summed E-state index contributed by atoms with van der Waals surface area (Å²) in [5.41, 5.74) is 5.25. The number of oxime groups is 1. The van der Waals surface area contributed by atoms with Crippen LogP contribution in [-0.2, 0) is 12.7 Å². The van der Waals surface area contributed by atoms with Gasteiger partial charge in [0.15, 0.2) is 0 Å². The average molecular weight is 275 g/mol. The topological polar surface area (TPSA) is 70.6 Å². The Morgan fingerprint density at radius 1 is 1.47 bits per heavy atom. The molecule has 1 unspecified atom stereocenters. The van der Waals surface area contributed by atoms with Crippen molar-refractivity contribution in [2.24, 2.45) is 16.8 Å². The van der Waals surface area contributed by atoms with Crippen molar-refractivity contribution < 1.29 is 18.4 Å². The van der Waals surface area contributed by atoms with E-state index in [0.717, 1.165) is 12.1 Å². The summed E-state index contributed by atoms with van der Waals surface area (Å²) in [5.74, 6) is -0.118. The Morgan fingerprint density at radius 2 is 2.16 bits per heavy atom. The number of nitrogens with zero attached hydrogens (tertiary/aromatic N) is 1. The maximum absolute atomic E-state index is 12.5. The van der Waals surface area contributed by atoms with Gasteiger partial charge in [-0.2, -0.15) is 13.2 Å². The van der Waals surface area contributed by atoms with Crippen LogP contribution in [0.3, 0.4) is 0 Å². The Balaban J connectivity index is 2.55. The predicted molar refractivity (Wildman–Crippen MR) is 65.7 cm³/mol. The second-order valence-electron chi connectivity index (χ2n) is 4.25. The molecule has 0 amide bonds. The number of rotatable bonds is 5. The lowest BCUT2D eigenvalue weighted by Gasteiger charge is -2.12. The van der Waals surface area contributed by atoms with E-state index in [0.29, 0.717) is 12.1 Å². The SMILES string of the molecule is CC(CNCc1cccc(C(F)(F)F)c1)C(N)=NO. The van der Waals surface area contributed by atoms with Gasteiger partial charge in [0.05, 0.1) is 5.56 Å². The summed E-state index contributed by atoms with van der Waals surface area (Å²) in [6.45, 7) is 2.44. The molecule has 0 aliphatic carbocycles. The minimum absolute atomic E-state index is 0.0801. The highest BCUT2D eigenvalue weighted by atomic mass is 19.4. The first-order chi connectivity index (χ1) is 8.84. The number of benzene rings is 1. The second kappa shape index (κ2) is 6.42. The number of halogens is 3. The van der Waals surface area contributed by atoms with Crippen LogP contribution >= 0.6 is 0 Å². The molecule has 0 saturated heterocycles. The van der Waals surface area contributed by atoms with E-state index in [1.54, 1.807) is 13.0 Å². The van der Waals surface area contributed by atoms with Gasteiger partial charge in [-0.15, -0.1) is 0 Å². The largest absolute Gasteiger partial charge is 0.416 e. The van der Waals surface area contributed by atoms with Gasteiger partial charge in [-0.3, -0.25) is 0 Å². The van der Waals surface area contributed by atoms with E-state index in [1.165, 1.54) is 6.07 Å². The molecule has 0 aliphatic rings. The quantitative estimate of drug-likeness (QED) is 0.334. The Bertz CT molecular complexity index is 446. The number of nitrogens with two attached hydrogens (primary N) is 1. The number of hydrogen-bond acceptors (Lipinski definition) is 3. The Hall–Kier alpha value is -1.76. The van der Waals surface area contributed by atoms with Crippen molar-refractivity contribution in [1.82, 2.24) is 5.32 Å². The Morgan fingerprint density at radius 3 is 2.74 bits per heavy atom. The third-order valence-corrected chi connectivity index (χ3v) is 2.65. The molecular weight excluding hydrogens is 259 g/mol. The fraction of sp³-hybridized carbons (Fsp3) is 0.417. The van der Waals surface area contributed by atoms with Crippen molar-refractivity contribution in [3.63, 3.8) is 0 Å². The van der Waals surface area contributed by atoms with Gasteiger partial charge < -0.3 is 16.3 Å². The first-order valence-electron chi connectivity index (χ1n) is 5.69. The molecule has 1 aromatic rings. The highest BCUT2D eigenvalue weighted by Crippen LogP contribution is 2.29. The fourth-order valence-corrected chi connectivity index (χ4v) is 1.49. The van der Waals surface area contributed by atoms with Crippen LogP contribution in [0.1, 0.15) is 18.1 Å². The second-order valence-corrected chi connectivity index (χ2v) is 4.25. The maximum atomic E-state index is 12.5. The van der Waals surface area contributed by atoms with Crippen molar-refractivity contribution in [3.8, 4) is 0 Å². The van der Waals surface area contributed by atoms with Crippen LogP contribution in [0.25, 0.3) is 0 Å². The van der Waals surface area contributed by atoms with Gasteiger partial charge in [0, 0.05) is 19.0 Å². The number of amidine groups is 1. The summed E-state index contributed by atoms with van der Waals surface area (Å²) in [4.78, 5) is 0. The molecule has 1 aromatic carbocycles. The molecule has 0 spiro atoms. The zero-order valence-corrected chi connectivity index (χ0v) is 10.4. The van der Waals surface area contributed by atoms with Crippen LogP contribution in [0.5, 0.6) is 0 Å². The molecule has 0 aromatic heterocycles. The molecule has 4 N–H and O–H groups in total. The molecule has 0 aliphatic heterocycles. The summed E-state index contributed by atoms with van der Waals surface area (Å²) >= 11 is 0. The standard InChI is InChI=1S/C12H16F3N3O/c1-8(11(16)18-19)6-17-7-9-3-2-4-10(5-9)12(13,14)15/h2-5,8,17,19H,6-7H2,1H3,(H2,16,18). The van der Waals surface area contributed by atoms with Gasteiger partial charge in [-0.25, -0.2) is 0 Å². The monoisotopic (exact) mass is 275 g/mol. The van der Waals surface area contributed by atoms with Crippen LogP contribution in [0.4, 0.5) is 13.2 Å². The van der Waals surface area contributed by atoms with Gasteiger partial charge in [0.25, 0.3) is 0 Å². The molecule has 0 radical (unpaired) electrons. The molecule has 1 rings (SSSR count). The summed E-state index contributed by atoms with van der Waals surface area (Å²) in [6, 6.07) is 5.10. The van der Waals surface area contributed by atoms with Gasteiger partial charge >= 0.3 is 6.18 Å². The van der Waals surface area contributed by atoms with Crippen LogP contribution in [0.15, 0.2) is 29.4 Å². The van der Waals surface area contributed by atoms with Crippen LogP contribution < -0.4 is 11.1 Å². The normalized spacial score (nSPS) is 14.4. The number of nitrogens with one attached hydrogen (secondary N) is 1. The molecule has 0 bridgehead atoms. The van der Waals surface area contributed by atoms with Crippen molar-refractivity contribution in [3.05, 3.63) is 35.4 Å². The third kappa shape index (κ3) is 4.78. The van der Waals surface area contributed by atoms with E-state index in [4.69, 9.17) is 10.9 Å². The van der Waals surface area contributed by atoms with Crippen LogP contribution in [-0.4, -0.2) is 17.6 Å². The van der Waals surface area contributed by atoms with Crippen molar-refractivity contribution in [2.45, 2.75) is 19.6 Å². The molecule has 0 heterocycles. The van der Waals surface area contributed by atoms with Crippen molar-refractivity contribution in [2.75, 3.05) is 6.54 Å². The molecule has 19 heavy (non-hydrogen) atoms. The van der Waals surface area contributed by atoms with E-state index in [9.17, 15) is 13.2 Å². The Kier molecular flexibility index (Phi) is 5.17. The minimum Gasteiger partial charge on any atom is -0.409 e. The maximum Gasteiger partial charge on any atom is 0.416 e. The van der Waals surface area contributed by atoms with Gasteiger partial charge in [-0.05, 0) is 11.6 Å². The summed E-state index contributed by atoms with van der Waals surface area (Å²) in [6.07, 6.45) is -4.34. The molecule has 0 saturated carbocycles. The zero-order valence-electron chi connectivity index (χ0n) is 10.4. The summed E-state index contributed by atoms with van der Waals surface area (Å²) in [7, 11) is 0. The molecule has 106 valence electrons. The smallest absolute Gasteiger partial charge is 0.409 e. The molecule has 0 fully saturated rings. The van der Waals surface area contributed by atoms with Gasteiger partial charge in [0.2, 0.25) is 0 Å². The van der Waals surface area contributed by atoms with E-state index >= 15 is 0 Å². The van der Waals surface area contributed by atoms with Gasteiger partial charge in [-0.1, -0.05) is 30.3 Å². The average Bonchev–Trinajstić information content (AvgIpc) is 2.37. The molecule has 1 atom stereocenters. The van der Waals surface area contributed by atoms with Crippen LogP contribution in [0, 0.1) is 5.92 Å². The highest BCUT2D eigenvalue weighted by Gasteiger charge is 2.30. The van der Waals surface area contributed by atoms with E-state index < -0.39 is 11.7 Å².